The topological polar surface area (TPSA) is 131 Å². The molecular weight excluding hydrogens is 766 g/mol. The van der Waals surface area contributed by atoms with E-state index in [0.717, 1.165) is 38.5 Å². The lowest BCUT2D eigenvalue weighted by molar-refractivity contribution is -0.870. The van der Waals surface area contributed by atoms with Crippen molar-refractivity contribution in [1.29, 1.82) is 0 Å². The third-order valence-corrected chi connectivity index (χ3v) is 9.96. The summed E-state index contributed by atoms with van der Waals surface area (Å²) in [4.78, 5) is 37.5. The van der Waals surface area contributed by atoms with Crippen LogP contribution in [-0.4, -0.2) is 81.2 Å². The van der Waals surface area contributed by atoms with Gasteiger partial charge in [0.25, 0.3) is 7.82 Å². The van der Waals surface area contributed by atoms with Crippen LogP contribution in [0.5, 0.6) is 0 Å². The molecule has 59 heavy (non-hydrogen) atoms. The second-order valence-electron chi connectivity index (χ2n) is 15.9. The highest BCUT2D eigenvalue weighted by Gasteiger charge is 2.22. The predicted molar refractivity (Wildman–Crippen MR) is 242 cm³/mol. The Labute approximate surface area is 359 Å². The summed E-state index contributed by atoms with van der Waals surface area (Å²) in [5.74, 6) is -1.11. The lowest BCUT2D eigenvalue weighted by Crippen LogP contribution is -2.37. The molecule has 0 aromatic heterocycles. The fourth-order valence-corrected chi connectivity index (χ4v) is 6.15. The summed E-state index contributed by atoms with van der Waals surface area (Å²) in [6.07, 6.45) is 46.5. The molecule has 0 aromatic carbocycles. The summed E-state index contributed by atoms with van der Waals surface area (Å²) in [6, 6.07) is 0. The number of esters is 2. The van der Waals surface area contributed by atoms with Crippen LogP contribution < -0.4 is 4.89 Å². The van der Waals surface area contributed by atoms with Gasteiger partial charge in [-0.1, -0.05) is 144 Å². The molecular formula is C48H82NO9P. The SMILES string of the molecule is CCCCC/C=C\C/C=C\C/C=C\C=C\[C@H](O)CCCC(=O)O[C@H](COC(=O)CCC/C=C\C/C=C\C/C=C\CCCCCCCC)COP(=O)([O-])OCC[N+](C)(C)C. The molecule has 0 fully saturated rings. The van der Waals surface area contributed by atoms with Gasteiger partial charge in [-0.05, 0) is 77.0 Å². The molecule has 0 aliphatic rings. The molecule has 10 nitrogen and oxygen atoms in total. The minimum absolute atomic E-state index is 0.0183. The molecule has 0 aliphatic heterocycles. The molecule has 0 radical (unpaired) electrons. The van der Waals surface area contributed by atoms with Crippen molar-refractivity contribution in [1.82, 2.24) is 0 Å². The first-order chi connectivity index (χ1) is 28.4. The van der Waals surface area contributed by atoms with E-state index >= 15 is 0 Å². The number of carbonyl (C=O) groups is 2. The number of quaternary nitrogens is 1. The fourth-order valence-electron chi connectivity index (χ4n) is 5.42. The Bertz CT molecular complexity index is 1300. The van der Waals surface area contributed by atoms with Crippen molar-refractivity contribution >= 4 is 19.8 Å². The average Bonchev–Trinajstić information content (AvgIpc) is 3.18. The van der Waals surface area contributed by atoms with E-state index in [1.807, 2.05) is 39.4 Å². The number of nitrogens with zero attached hydrogens (tertiary/aromatic N) is 1. The molecule has 0 aromatic rings. The lowest BCUT2D eigenvalue weighted by Gasteiger charge is -2.28. The molecule has 1 N–H and O–H groups in total. The Morgan fingerprint density at radius 3 is 1.75 bits per heavy atom. The van der Waals surface area contributed by atoms with Gasteiger partial charge in [-0.2, -0.15) is 0 Å². The molecule has 0 heterocycles. The third-order valence-electron chi connectivity index (χ3n) is 8.99. The smallest absolute Gasteiger partial charge is 0.306 e. The number of allylic oxidation sites excluding steroid dienone is 13. The van der Waals surface area contributed by atoms with E-state index in [-0.39, 0.29) is 26.1 Å². The standard InChI is InChI=1S/C48H82NO9P/c1-6-8-10-12-14-16-18-20-21-22-23-25-27-29-31-33-35-39-47(51)55-43-46(44-57-59(53,54)56-42-41-49(3,4)5)58-48(52)40-36-38-45(50)37-34-32-30-28-26-24-19-17-15-13-11-9-7-2/h15,17,20-21,23-26,29-32,34,37,45-46,50H,6-14,16,18-19,22,27-28,33,35-36,38-44H2,1-5H3/b17-15-,21-20-,25-23-,26-24-,31-29-,32-30-,37-34+/t45-,46+/m0/s1. The number of hydrogen-bond donors (Lipinski definition) is 1. The maximum absolute atomic E-state index is 12.7. The van der Waals surface area contributed by atoms with E-state index in [2.05, 4.69) is 68.5 Å². The summed E-state index contributed by atoms with van der Waals surface area (Å²) in [7, 11) is 1.01. The first-order valence-electron chi connectivity index (χ1n) is 22.4. The second kappa shape index (κ2) is 39.3. The van der Waals surface area contributed by atoms with Crippen LogP contribution in [0.1, 0.15) is 149 Å². The highest BCUT2D eigenvalue weighted by Crippen LogP contribution is 2.38. The van der Waals surface area contributed by atoms with Crippen molar-refractivity contribution < 1.29 is 47.2 Å². The van der Waals surface area contributed by atoms with Gasteiger partial charge in [-0.15, -0.1) is 0 Å². The van der Waals surface area contributed by atoms with Gasteiger partial charge in [-0.25, -0.2) is 0 Å². The number of ether oxygens (including phenoxy) is 2. The van der Waals surface area contributed by atoms with E-state index in [1.54, 1.807) is 12.2 Å². The Hall–Kier alpha value is -2.85. The number of phosphoric acid groups is 1. The summed E-state index contributed by atoms with van der Waals surface area (Å²) in [6.45, 7) is 3.88. The van der Waals surface area contributed by atoms with E-state index in [1.165, 1.54) is 57.8 Å². The number of unbranched alkanes of at least 4 members (excludes halogenated alkanes) is 10. The molecule has 0 rings (SSSR count). The Kier molecular flexibility index (Phi) is 37.4. The molecule has 0 saturated heterocycles. The minimum atomic E-state index is -4.70. The molecule has 338 valence electrons. The van der Waals surface area contributed by atoms with Gasteiger partial charge in [0, 0.05) is 12.8 Å². The van der Waals surface area contributed by atoms with Crippen molar-refractivity contribution in [3.63, 3.8) is 0 Å². The quantitative estimate of drug-likeness (QED) is 0.0160. The van der Waals surface area contributed by atoms with Crippen LogP contribution in [0.3, 0.4) is 0 Å². The van der Waals surface area contributed by atoms with E-state index in [4.69, 9.17) is 18.5 Å². The fraction of sp³-hybridized carbons (Fsp3) is 0.667. The van der Waals surface area contributed by atoms with Gasteiger partial charge in [0.1, 0.15) is 19.8 Å². The van der Waals surface area contributed by atoms with Gasteiger partial charge in [0.2, 0.25) is 0 Å². The third kappa shape index (κ3) is 43.1. The van der Waals surface area contributed by atoms with E-state index < -0.39 is 38.6 Å². The second-order valence-corrected chi connectivity index (χ2v) is 17.3. The van der Waals surface area contributed by atoms with Gasteiger partial charge in [-0.3, -0.25) is 14.2 Å². The molecule has 0 amide bonds. The van der Waals surface area contributed by atoms with Gasteiger partial charge >= 0.3 is 11.9 Å². The average molecular weight is 848 g/mol. The molecule has 3 atom stereocenters. The molecule has 11 heteroatoms. The van der Waals surface area contributed by atoms with Gasteiger partial charge in [0.05, 0.1) is 33.9 Å². The molecule has 0 aliphatic carbocycles. The lowest BCUT2D eigenvalue weighted by atomic mass is 10.1. The van der Waals surface area contributed by atoms with Crippen molar-refractivity contribution in [3.8, 4) is 0 Å². The highest BCUT2D eigenvalue weighted by atomic mass is 31.2. The van der Waals surface area contributed by atoms with E-state index in [9.17, 15) is 24.2 Å². The highest BCUT2D eigenvalue weighted by molar-refractivity contribution is 7.45. The largest absolute Gasteiger partial charge is 0.756 e. The number of hydrogen-bond acceptors (Lipinski definition) is 9. The van der Waals surface area contributed by atoms with Crippen LogP contribution in [0.4, 0.5) is 0 Å². The van der Waals surface area contributed by atoms with Crippen LogP contribution in [0.2, 0.25) is 0 Å². The summed E-state index contributed by atoms with van der Waals surface area (Å²) in [5, 5.41) is 10.3. The summed E-state index contributed by atoms with van der Waals surface area (Å²) in [5.41, 5.74) is 0. The zero-order valence-electron chi connectivity index (χ0n) is 37.5. The van der Waals surface area contributed by atoms with Crippen molar-refractivity contribution in [2.75, 3.05) is 47.5 Å². The van der Waals surface area contributed by atoms with Crippen LogP contribution >= 0.6 is 7.82 Å². The molecule has 0 bridgehead atoms. The Morgan fingerprint density at radius 2 is 1.14 bits per heavy atom. The van der Waals surface area contributed by atoms with Crippen LogP contribution in [-0.2, 0) is 32.7 Å². The number of likely N-dealkylation sites (N-methyl/N-ethyl adjacent to an activating group) is 1. The molecule has 0 spiro atoms. The van der Waals surface area contributed by atoms with Crippen LogP contribution in [0.15, 0.2) is 85.1 Å². The number of phosphoric ester groups is 1. The maximum atomic E-state index is 12.7. The molecule has 0 saturated carbocycles. The first kappa shape index (κ1) is 56.1. The van der Waals surface area contributed by atoms with Crippen LogP contribution in [0, 0.1) is 0 Å². The maximum Gasteiger partial charge on any atom is 0.306 e. The molecule has 1 unspecified atom stereocenters. The first-order valence-corrected chi connectivity index (χ1v) is 23.9. The minimum Gasteiger partial charge on any atom is -0.756 e. The van der Waals surface area contributed by atoms with Crippen LogP contribution in [0.25, 0.3) is 0 Å². The Balaban J connectivity index is 4.65. The predicted octanol–water partition coefficient (Wildman–Crippen LogP) is 11.1. The number of carbonyl (C=O) groups excluding carboxylic acids is 2. The normalized spacial score (nSPS) is 14.9. The van der Waals surface area contributed by atoms with Crippen molar-refractivity contribution in [2.45, 2.75) is 161 Å². The van der Waals surface area contributed by atoms with Gasteiger partial charge < -0.3 is 33.0 Å². The number of aliphatic hydroxyl groups excluding tert-OH is 1. The Morgan fingerprint density at radius 1 is 0.627 bits per heavy atom. The van der Waals surface area contributed by atoms with Gasteiger partial charge in [0.15, 0.2) is 6.10 Å². The number of aliphatic hydroxyl groups is 1. The number of rotatable bonds is 39. The summed E-state index contributed by atoms with van der Waals surface area (Å²) < 4.78 is 33.7. The van der Waals surface area contributed by atoms with Crippen molar-refractivity contribution in [3.05, 3.63) is 85.1 Å². The zero-order chi connectivity index (χ0) is 43.7. The monoisotopic (exact) mass is 848 g/mol. The van der Waals surface area contributed by atoms with E-state index in [0.29, 0.717) is 36.7 Å². The zero-order valence-corrected chi connectivity index (χ0v) is 38.4. The van der Waals surface area contributed by atoms with Crippen molar-refractivity contribution in [2.24, 2.45) is 0 Å². The summed E-state index contributed by atoms with van der Waals surface area (Å²) >= 11 is 0.